The van der Waals surface area contributed by atoms with Crippen LogP contribution in [0.4, 0.5) is 0 Å². The number of hydrogen-bond donors (Lipinski definition) is 0. The molecule has 2 aliphatic rings. The summed E-state index contributed by atoms with van der Waals surface area (Å²) in [7, 11) is 0. The molecule has 0 aromatic heterocycles. The summed E-state index contributed by atoms with van der Waals surface area (Å²) in [6.07, 6.45) is 10.0. The van der Waals surface area contributed by atoms with Gasteiger partial charge in [0.2, 0.25) is 0 Å². The second kappa shape index (κ2) is 4.79. The minimum atomic E-state index is 0.503. The summed E-state index contributed by atoms with van der Waals surface area (Å²) >= 11 is 3.75. The average molecular weight is 247 g/mol. The van der Waals surface area contributed by atoms with E-state index in [1.165, 1.54) is 44.9 Å². The molecular formula is C11H19BrO. The quantitative estimate of drug-likeness (QED) is 0.547. The van der Waals surface area contributed by atoms with Crippen LogP contribution in [0.1, 0.15) is 44.9 Å². The van der Waals surface area contributed by atoms with Gasteiger partial charge in [-0.05, 0) is 31.6 Å². The van der Waals surface area contributed by atoms with Crippen molar-refractivity contribution in [2.24, 2.45) is 5.92 Å². The van der Waals surface area contributed by atoms with E-state index < -0.39 is 0 Å². The first-order valence-electron chi connectivity index (χ1n) is 5.62. The molecule has 0 saturated heterocycles. The van der Waals surface area contributed by atoms with Crippen LogP contribution in [0.15, 0.2) is 0 Å². The Morgan fingerprint density at radius 1 is 1.00 bits per heavy atom. The van der Waals surface area contributed by atoms with Crippen LogP contribution in [-0.4, -0.2) is 17.5 Å². The van der Waals surface area contributed by atoms with Gasteiger partial charge >= 0.3 is 0 Å². The van der Waals surface area contributed by atoms with Gasteiger partial charge in [-0.25, -0.2) is 0 Å². The predicted molar refractivity (Wildman–Crippen MR) is 58.3 cm³/mol. The zero-order chi connectivity index (χ0) is 9.10. The van der Waals surface area contributed by atoms with Crippen molar-refractivity contribution in [1.29, 1.82) is 0 Å². The Morgan fingerprint density at radius 3 is 2.54 bits per heavy atom. The smallest absolute Gasteiger partial charge is 0.0700 e. The van der Waals surface area contributed by atoms with E-state index in [9.17, 15) is 0 Å². The molecule has 0 amide bonds. The van der Waals surface area contributed by atoms with Crippen LogP contribution in [0, 0.1) is 5.92 Å². The fourth-order valence-electron chi connectivity index (χ4n) is 1.96. The Hall–Kier alpha value is 0.440. The zero-order valence-electron chi connectivity index (χ0n) is 8.18. The molecule has 2 saturated carbocycles. The van der Waals surface area contributed by atoms with Gasteiger partial charge in [0.1, 0.15) is 0 Å². The third-order valence-electron chi connectivity index (χ3n) is 3.11. The Balaban J connectivity index is 1.72. The van der Waals surface area contributed by atoms with E-state index >= 15 is 0 Å². The standard InChI is InChI=1S/C11H19BrO/c12-10-4-2-1-3-5-11(10)13-8-9-6-7-9/h9-11H,1-8H2. The van der Waals surface area contributed by atoms with Crippen LogP contribution >= 0.6 is 15.9 Å². The summed E-state index contributed by atoms with van der Waals surface area (Å²) in [4.78, 5) is 0.619. The summed E-state index contributed by atoms with van der Waals surface area (Å²) in [6.45, 7) is 1.02. The van der Waals surface area contributed by atoms with Crippen molar-refractivity contribution in [2.45, 2.75) is 55.9 Å². The Kier molecular flexibility index (Phi) is 3.67. The lowest BCUT2D eigenvalue weighted by molar-refractivity contribution is 0.0414. The van der Waals surface area contributed by atoms with Gasteiger partial charge in [-0.3, -0.25) is 0 Å². The Morgan fingerprint density at radius 2 is 1.77 bits per heavy atom. The molecule has 0 aromatic carbocycles. The molecule has 0 aromatic rings. The second-order valence-electron chi connectivity index (χ2n) is 4.47. The van der Waals surface area contributed by atoms with Gasteiger partial charge in [0.15, 0.2) is 0 Å². The largest absolute Gasteiger partial charge is 0.377 e. The molecule has 0 N–H and O–H groups in total. The maximum Gasteiger partial charge on any atom is 0.0700 e. The van der Waals surface area contributed by atoms with Crippen molar-refractivity contribution in [3.63, 3.8) is 0 Å². The lowest BCUT2D eigenvalue weighted by atomic mass is 10.1. The van der Waals surface area contributed by atoms with Crippen molar-refractivity contribution in [1.82, 2.24) is 0 Å². The zero-order valence-corrected chi connectivity index (χ0v) is 9.76. The van der Waals surface area contributed by atoms with Gasteiger partial charge in [0.05, 0.1) is 6.10 Å². The van der Waals surface area contributed by atoms with Crippen molar-refractivity contribution in [3.05, 3.63) is 0 Å². The first-order valence-corrected chi connectivity index (χ1v) is 6.53. The lowest BCUT2D eigenvalue weighted by Gasteiger charge is -2.20. The highest BCUT2D eigenvalue weighted by molar-refractivity contribution is 9.09. The number of hydrogen-bond acceptors (Lipinski definition) is 1. The van der Waals surface area contributed by atoms with E-state index in [2.05, 4.69) is 15.9 Å². The second-order valence-corrected chi connectivity index (χ2v) is 5.65. The normalized spacial score (nSPS) is 35.8. The monoisotopic (exact) mass is 246 g/mol. The molecule has 2 heteroatoms. The first kappa shape index (κ1) is 9.97. The minimum absolute atomic E-state index is 0.503. The highest BCUT2D eigenvalue weighted by Gasteiger charge is 2.26. The third kappa shape index (κ3) is 3.25. The van der Waals surface area contributed by atoms with Gasteiger partial charge in [-0.1, -0.05) is 35.2 Å². The predicted octanol–water partition coefficient (Wildman–Crippen LogP) is 3.51. The molecule has 2 fully saturated rings. The molecule has 2 aliphatic carbocycles. The minimum Gasteiger partial charge on any atom is -0.377 e. The molecule has 2 rings (SSSR count). The number of ether oxygens (including phenoxy) is 1. The summed E-state index contributed by atoms with van der Waals surface area (Å²) in [5.41, 5.74) is 0. The van der Waals surface area contributed by atoms with Crippen LogP contribution in [0.5, 0.6) is 0 Å². The average Bonchev–Trinajstić information content (AvgIpc) is 2.90. The molecule has 0 heterocycles. The van der Waals surface area contributed by atoms with E-state index in [4.69, 9.17) is 4.74 Å². The van der Waals surface area contributed by atoms with Crippen molar-refractivity contribution < 1.29 is 4.74 Å². The Bertz CT molecular complexity index is 156. The van der Waals surface area contributed by atoms with Crippen LogP contribution in [0.3, 0.4) is 0 Å². The molecule has 0 spiro atoms. The van der Waals surface area contributed by atoms with E-state index in [-0.39, 0.29) is 0 Å². The fraction of sp³-hybridized carbons (Fsp3) is 1.00. The van der Waals surface area contributed by atoms with Gasteiger partial charge in [-0.15, -0.1) is 0 Å². The van der Waals surface area contributed by atoms with E-state index in [1.807, 2.05) is 0 Å². The van der Waals surface area contributed by atoms with Crippen molar-refractivity contribution in [3.8, 4) is 0 Å². The molecule has 2 unspecified atom stereocenters. The summed E-state index contributed by atoms with van der Waals surface area (Å²) < 4.78 is 5.95. The molecule has 1 nitrogen and oxygen atoms in total. The first-order chi connectivity index (χ1) is 6.36. The Labute approximate surface area is 89.4 Å². The van der Waals surface area contributed by atoms with Gasteiger partial charge in [-0.2, -0.15) is 0 Å². The molecule has 76 valence electrons. The molecule has 13 heavy (non-hydrogen) atoms. The summed E-state index contributed by atoms with van der Waals surface area (Å²) in [6, 6.07) is 0. The van der Waals surface area contributed by atoms with Gasteiger partial charge < -0.3 is 4.74 Å². The van der Waals surface area contributed by atoms with Gasteiger partial charge in [0.25, 0.3) is 0 Å². The SMILES string of the molecule is BrC1CCCCCC1OCC1CC1. The topological polar surface area (TPSA) is 9.23 Å². The number of halogens is 1. The van der Waals surface area contributed by atoms with Gasteiger partial charge in [0, 0.05) is 11.4 Å². The molecule has 2 atom stereocenters. The van der Waals surface area contributed by atoms with Crippen molar-refractivity contribution in [2.75, 3.05) is 6.61 Å². The molecule has 0 bridgehead atoms. The maximum atomic E-state index is 5.95. The van der Waals surface area contributed by atoms with E-state index in [0.29, 0.717) is 10.9 Å². The highest BCUT2D eigenvalue weighted by Crippen LogP contribution is 2.32. The highest BCUT2D eigenvalue weighted by atomic mass is 79.9. The molecule has 0 radical (unpaired) electrons. The van der Waals surface area contributed by atoms with Crippen LogP contribution < -0.4 is 0 Å². The molecule has 0 aliphatic heterocycles. The van der Waals surface area contributed by atoms with Crippen LogP contribution in [0.2, 0.25) is 0 Å². The van der Waals surface area contributed by atoms with Crippen LogP contribution in [-0.2, 0) is 4.74 Å². The number of rotatable bonds is 3. The lowest BCUT2D eigenvalue weighted by Crippen LogP contribution is -2.23. The summed E-state index contributed by atoms with van der Waals surface area (Å²) in [5.74, 6) is 0.906. The third-order valence-corrected chi connectivity index (χ3v) is 4.16. The number of alkyl halides is 1. The fourth-order valence-corrected chi connectivity index (χ4v) is 2.70. The van der Waals surface area contributed by atoms with E-state index in [1.54, 1.807) is 0 Å². The van der Waals surface area contributed by atoms with E-state index in [0.717, 1.165) is 12.5 Å². The molecular weight excluding hydrogens is 228 g/mol. The maximum absolute atomic E-state index is 5.95. The van der Waals surface area contributed by atoms with Crippen molar-refractivity contribution >= 4 is 15.9 Å². The van der Waals surface area contributed by atoms with Crippen LogP contribution in [0.25, 0.3) is 0 Å². The summed E-state index contributed by atoms with van der Waals surface area (Å²) in [5, 5.41) is 0.